The molecule has 1 aromatic rings. The number of ether oxygens (including phenoxy) is 1. The second-order valence-electron chi connectivity index (χ2n) is 4.47. The van der Waals surface area contributed by atoms with Gasteiger partial charge in [-0.3, -0.25) is 4.79 Å². The molecular formula is C13H19BrN2O2. The number of carbonyl (C=O) groups excluding carboxylic acids is 1. The van der Waals surface area contributed by atoms with E-state index in [4.69, 9.17) is 10.5 Å². The van der Waals surface area contributed by atoms with Crippen molar-refractivity contribution < 1.29 is 9.53 Å². The second-order valence-corrected chi connectivity index (χ2v) is 5.38. The minimum absolute atomic E-state index is 0.0887. The third-order valence-corrected chi connectivity index (χ3v) is 2.77. The van der Waals surface area contributed by atoms with Crippen molar-refractivity contribution in [3.05, 3.63) is 22.7 Å². The van der Waals surface area contributed by atoms with E-state index in [2.05, 4.69) is 21.2 Å². The van der Waals surface area contributed by atoms with Crippen LogP contribution in [0.15, 0.2) is 22.7 Å². The van der Waals surface area contributed by atoms with E-state index in [-0.39, 0.29) is 17.9 Å². The number of hydrogen-bond donors (Lipinski definition) is 2. The maximum Gasteiger partial charge on any atom is 0.228 e. The highest BCUT2D eigenvalue weighted by Crippen LogP contribution is 2.25. The lowest BCUT2D eigenvalue weighted by Gasteiger charge is -2.14. The van der Waals surface area contributed by atoms with E-state index in [9.17, 15) is 4.79 Å². The van der Waals surface area contributed by atoms with Gasteiger partial charge in [-0.25, -0.2) is 0 Å². The zero-order valence-electron chi connectivity index (χ0n) is 10.9. The van der Waals surface area contributed by atoms with E-state index in [1.807, 2.05) is 26.0 Å². The number of rotatable bonds is 5. The number of carbonyl (C=O) groups is 1. The molecule has 1 unspecified atom stereocenters. The fraction of sp³-hybridized carbons (Fsp3) is 0.462. The number of halogens is 1. The van der Waals surface area contributed by atoms with Gasteiger partial charge < -0.3 is 15.8 Å². The van der Waals surface area contributed by atoms with Gasteiger partial charge in [0.2, 0.25) is 5.91 Å². The van der Waals surface area contributed by atoms with Gasteiger partial charge in [0.25, 0.3) is 0 Å². The predicted molar refractivity (Wildman–Crippen MR) is 76.8 cm³/mol. The van der Waals surface area contributed by atoms with Gasteiger partial charge in [-0.05, 0) is 26.0 Å². The van der Waals surface area contributed by atoms with Gasteiger partial charge in [-0.2, -0.15) is 0 Å². The van der Waals surface area contributed by atoms with Gasteiger partial charge in [0.05, 0.1) is 6.10 Å². The van der Waals surface area contributed by atoms with Crippen molar-refractivity contribution >= 4 is 27.5 Å². The largest absolute Gasteiger partial charge is 0.491 e. The lowest BCUT2D eigenvalue weighted by atomic mass is 10.1. The normalized spacial score (nSPS) is 12.3. The number of nitrogens with two attached hydrogens (primary N) is 1. The van der Waals surface area contributed by atoms with Crippen LogP contribution < -0.4 is 15.8 Å². The van der Waals surface area contributed by atoms with E-state index >= 15 is 0 Å². The molecule has 18 heavy (non-hydrogen) atoms. The summed E-state index contributed by atoms with van der Waals surface area (Å²) in [5, 5.41) is 2.82. The molecule has 1 atom stereocenters. The number of benzene rings is 1. The Labute approximate surface area is 116 Å². The first-order valence-electron chi connectivity index (χ1n) is 5.90. The molecule has 4 nitrogen and oxygen atoms in total. The van der Waals surface area contributed by atoms with Crippen LogP contribution >= 0.6 is 15.9 Å². The van der Waals surface area contributed by atoms with Gasteiger partial charge in [-0.15, -0.1) is 0 Å². The van der Waals surface area contributed by atoms with Crippen molar-refractivity contribution in [2.24, 2.45) is 11.7 Å². The summed E-state index contributed by atoms with van der Waals surface area (Å²) in [7, 11) is 0. The highest BCUT2D eigenvalue weighted by atomic mass is 79.9. The van der Waals surface area contributed by atoms with Crippen molar-refractivity contribution in [3.8, 4) is 5.75 Å². The van der Waals surface area contributed by atoms with Gasteiger partial charge in [0.15, 0.2) is 0 Å². The molecule has 0 aliphatic heterocycles. The monoisotopic (exact) mass is 314 g/mol. The van der Waals surface area contributed by atoms with Crippen LogP contribution in [-0.4, -0.2) is 18.6 Å². The Morgan fingerprint density at radius 2 is 2.06 bits per heavy atom. The van der Waals surface area contributed by atoms with Crippen LogP contribution in [0.4, 0.5) is 5.69 Å². The Morgan fingerprint density at radius 3 is 2.61 bits per heavy atom. The maximum absolute atomic E-state index is 11.7. The van der Waals surface area contributed by atoms with Gasteiger partial charge >= 0.3 is 0 Å². The topological polar surface area (TPSA) is 64.3 Å². The Bertz CT molecular complexity index is 421. The Morgan fingerprint density at radius 1 is 1.39 bits per heavy atom. The number of amides is 1. The summed E-state index contributed by atoms with van der Waals surface area (Å²) < 4.78 is 6.46. The summed E-state index contributed by atoms with van der Waals surface area (Å²) in [6, 6.07) is 5.49. The van der Waals surface area contributed by atoms with Gasteiger partial charge in [-0.1, -0.05) is 22.9 Å². The molecule has 0 heterocycles. The van der Waals surface area contributed by atoms with Crippen LogP contribution in [0.3, 0.4) is 0 Å². The summed E-state index contributed by atoms with van der Waals surface area (Å²) in [5.74, 6) is 0.416. The molecule has 0 aliphatic carbocycles. The molecule has 0 bridgehead atoms. The van der Waals surface area contributed by atoms with E-state index in [1.165, 1.54) is 0 Å². The Hall–Kier alpha value is -1.07. The maximum atomic E-state index is 11.7. The highest BCUT2D eigenvalue weighted by Gasteiger charge is 2.12. The average Bonchev–Trinajstić information content (AvgIpc) is 2.25. The number of anilines is 1. The second kappa shape index (κ2) is 6.75. The molecule has 0 radical (unpaired) electrons. The third-order valence-electron chi connectivity index (χ3n) is 2.31. The minimum atomic E-state index is -0.210. The van der Waals surface area contributed by atoms with Crippen molar-refractivity contribution in [2.45, 2.75) is 26.9 Å². The van der Waals surface area contributed by atoms with Gasteiger partial charge in [0.1, 0.15) is 5.75 Å². The highest BCUT2D eigenvalue weighted by molar-refractivity contribution is 9.10. The van der Waals surface area contributed by atoms with Crippen LogP contribution in [0.25, 0.3) is 0 Å². The quantitative estimate of drug-likeness (QED) is 0.878. The van der Waals surface area contributed by atoms with Crippen molar-refractivity contribution in [1.82, 2.24) is 0 Å². The van der Waals surface area contributed by atoms with Crippen LogP contribution in [0, 0.1) is 5.92 Å². The Balaban J connectivity index is 2.83. The molecule has 5 heteroatoms. The molecule has 0 aromatic heterocycles. The average molecular weight is 315 g/mol. The van der Waals surface area contributed by atoms with Crippen LogP contribution in [-0.2, 0) is 4.79 Å². The molecular weight excluding hydrogens is 296 g/mol. The smallest absolute Gasteiger partial charge is 0.228 e. The summed E-state index contributed by atoms with van der Waals surface area (Å²) in [4.78, 5) is 11.7. The number of hydrogen-bond acceptors (Lipinski definition) is 3. The van der Waals surface area contributed by atoms with E-state index in [0.717, 1.165) is 10.2 Å². The van der Waals surface area contributed by atoms with Crippen LogP contribution in [0.1, 0.15) is 20.8 Å². The first kappa shape index (κ1) is 15.0. The molecule has 0 fully saturated rings. The predicted octanol–water partition coefficient (Wildman–Crippen LogP) is 2.77. The molecule has 0 saturated heterocycles. The third kappa shape index (κ3) is 4.66. The molecule has 100 valence electrons. The molecule has 1 amide bonds. The van der Waals surface area contributed by atoms with Crippen LogP contribution in [0.5, 0.6) is 5.75 Å². The Kier molecular flexibility index (Phi) is 5.62. The molecule has 0 saturated carbocycles. The standard InChI is InChI=1S/C13H19BrN2O2/c1-8(2)18-12-5-10(14)4-11(6-12)16-13(17)9(3)7-15/h4-6,8-9H,7,15H2,1-3H3,(H,16,17). The first-order valence-corrected chi connectivity index (χ1v) is 6.70. The summed E-state index contributed by atoms with van der Waals surface area (Å²) >= 11 is 3.39. The zero-order chi connectivity index (χ0) is 13.7. The van der Waals surface area contributed by atoms with Crippen molar-refractivity contribution in [1.29, 1.82) is 0 Å². The first-order chi connectivity index (χ1) is 8.42. The molecule has 1 rings (SSSR count). The zero-order valence-corrected chi connectivity index (χ0v) is 12.5. The van der Waals surface area contributed by atoms with E-state index in [0.29, 0.717) is 12.2 Å². The molecule has 1 aromatic carbocycles. The molecule has 0 spiro atoms. The minimum Gasteiger partial charge on any atom is -0.491 e. The summed E-state index contributed by atoms with van der Waals surface area (Å²) in [5.41, 5.74) is 6.16. The molecule has 0 aliphatic rings. The van der Waals surface area contributed by atoms with Crippen molar-refractivity contribution in [2.75, 3.05) is 11.9 Å². The lowest BCUT2D eigenvalue weighted by Crippen LogP contribution is -2.26. The lowest BCUT2D eigenvalue weighted by molar-refractivity contribution is -0.119. The summed E-state index contributed by atoms with van der Waals surface area (Å²) in [6.07, 6.45) is 0.0887. The van der Waals surface area contributed by atoms with E-state index < -0.39 is 0 Å². The fourth-order valence-electron chi connectivity index (χ4n) is 1.35. The SMILES string of the molecule is CC(C)Oc1cc(Br)cc(NC(=O)C(C)CN)c1. The molecule has 3 N–H and O–H groups in total. The van der Waals surface area contributed by atoms with Crippen molar-refractivity contribution in [3.63, 3.8) is 0 Å². The van der Waals surface area contributed by atoms with Crippen LogP contribution in [0.2, 0.25) is 0 Å². The number of nitrogens with one attached hydrogen (secondary N) is 1. The fourth-order valence-corrected chi connectivity index (χ4v) is 1.82. The summed E-state index contributed by atoms with van der Waals surface area (Å²) in [6.45, 7) is 6.03. The van der Waals surface area contributed by atoms with Gasteiger partial charge in [0, 0.05) is 28.7 Å². The van der Waals surface area contributed by atoms with E-state index in [1.54, 1.807) is 13.0 Å².